The Bertz CT molecular complexity index is 454. The van der Waals surface area contributed by atoms with Crippen molar-refractivity contribution >= 4 is 11.9 Å². The van der Waals surface area contributed by atoms with Gasteiger partial charge < -0.3 is 14.7 Å². The van der Waals surface area contributed by atoms with Gasteiger partial charge >= 0.3 is 12.1 Å². The van der Waals surface area contributed by atoms with Gasteiger partial charge in [-0.2, -0.15) is 13.2 Å². The summed E-state index contributed by atoms with van der Waals surface area (Å²) in [5.41, 5.74) is 0. The lowest BCUT2D eigenvalue weighted by molar-refractivity contribution is -0.187. The van der Waals surface area contributed by atoms with E-state index in [1.807, 2.05) is 0 Å². The zero-order chi connectivity index (χ0) is 17.2. The van der Waals surface area contributed by atoms with Gasteiger partial charge in [0, 0.05) is 25.6 Å². The number of carbonyl (C=O) groups is 2. The first-order valence-corrected chi connectivity index (χ1v) is 7.84. The van der Waals surface area contributed by atoms with Crippen LogP contribution in [0.4, 0.5) is 13.2 Å². The summed E-state index contributed by atoms with van der Waals surface area (Å²) in [6.45, 7) is 0.250. The van der Waals surface area contributed by atoms with Crippen molar-refractivity contribution in [3.05, 3.63) is 0 Å². The second-order valence-corrected chi connectivity index (χ2v) is 6.44. The van der Waals surface area contributed by atoms with Crippen LogP contribution >= 0.6 is 0 Å². The van der Waals surface area contributed by atoms with Gasteiger partial charge in [-0.05, 0) is 25.7 Å². The zero-order valence-corrected chi connectivity index (χ0v) is 13.0. The summed E-state index contributed by atoms with van der Waals surface area (Å²) in [4.78, 5) is 25.0. The predicted molar refractivity (Wildman–Crippen MR) is 74.7 cm³/mol. The van der Waals surface area contributed by atoms with Crippen molar-refractivity contribution in [1.29, 1.82) is 0 Å². The molecule has 132 valence electrons. The molecule has 0 aromatic carbocycles. The van der Waals surface area contributed by atoms with Crippen molar-refractivity contribution in [2.45, 2.75) is 56.8 Å². The van der Waals surface area contributed by atoms with Crippen LogP contribution in [-0.4, -0.2) is 53.9 Å². The molecule has 1 N–H and O–H groups in total. The fourth-order valence-corrected chi connectivity index (χ4v) is 3.66. The van der Waals surface area contributed by atoms with Crippen molar-refractivity contribution in [3.63, 3.8) is 0 Å². The van der Waals surface area contributed by atoms with Crippen LogP contribution in [0.1, 0.15) is 38.5 Å². The van der Waals surface area contributed by atoms with Crippen molar-refractivity contribution in [2.75, 3.05) is 13.7 Å². The van der Waals surface area contributed by atoms with Crippen molar-refractivity contribution in [1.82, 2.24) is 4.90 Å². The van der Waals surface area contributed by atoms with E-state index < -0.39 is 30.0 Å². The number of methoxy groups -OCH3 is 1. The molecule has 4 atom stereocenters. The lowest BCUT2D eigenvalue weighted by Crippen LogP contribution is -2.43. The van der Waals surface area contributed by atoms with Crippen LogP contribution in [0.25, 0.3) is 0 Å². The Morgan fingerprint density at radius 3 is 2.52 bits per heavy atom. The van der Waals surface area contributed by atoms with Gasteiger partial charge in [-0.1, -0.05) is 6.42 Å². The van der Waals surface area contributed by atoms with Gasteiger partial charge in [0.1, 0.15) is 0 Å². The number of nitrogens with zero attached hydrogens (tertiary/aromatic N) is 1. The van der Waals surface area contributed by atoms with Gasteiger partial charge in [0.25, 0.3) is 0 Å². The molecular formula is C15H22F3NO4. The molecule has 2 fully saturated rings. The van der Waals surface area contributed by atoms with Crippen LogP contribution < -0.4 is 0 Å². The third kappa shape index (κ3) is 4.37. The molecule has 0 aromatic rings. The number of amides is 1. The monoisotopic (exact) mass is 337 g/mol. The minimum absolute atomic E-state index is 0.0620. The number of rotatable bonds is 4. The molecular weight excluding hydrogens is 315 g/mol. The quantitative estimate of drug-likeness (QED) is 0.856. The summed E-state index contributed by atoms with van der Waals surface area (Å²) >= 11 is 0. The van der Waals surface area contributed by atoms with Crippen molar-refractivity contribution < 1.29 is 32.6 Å². The highest BCUT2D eigenvalue weighted by molar-refractivity contribution is 5.80. The molecule has 1 aliphatic carbocycles. The Labute approximate surface area is 132 Å². The summed E-state index contributed by atoms with van der Waals surface area (Å²) in [6, 6.07) is -0.504. The molecule has 1 amide bonds. The maximum absolute atomic E-state index is 12.9. The molecule has 1 saturated carbocycles. The molecule has 1 aliphatic heterocycles. The van der Waals surface area contributed by atoms with E-state index >= 15 is 0 Å². The zero-order valence-electron chi connectivity index (χ0n) is 13.0. The summed E-state index contributed by atoms with van der Waals surface area (Å²) in [5.74, 6) is -3.50. The number of carboxylic acid groups (broad SMARTS) is 1. The van der Waals surface area contributed by atoms with E-state index in [0.717, 1.165) is 0 Å². The molecule has 0 aromatic heterocycles. The van der Waals surface area contributed by atoms with E-state index in [4.69, 9.17) is 9.84 Å². The van der Waals surface area contributed by atoms with Crippen molar-refractivity contribution in [2.24, 2.45) is 11.8 Å². The fourth-order valence-electron chi connectivity index (χ4n) is 3.66. The number of alkyl halides is 3. The number of carboxylic acids is 1. The van der Waals surface area contributed by atoms with E-state index in [-0.39, 0.29) is 37.8 Å². The standard InChI is InChI=1S/C15H22F3NO4/c1-23-12-6-11(7-13(20)21)19(8-12)14(22)9-3-2-4-10(5-9)15(16,17)18/h9-12H,2-8H2,1H3,(H,20,21). The lowest BCUT2D eigenvalue weighted by atomic mass is 9.80. The van der Waals surface area contributed by atoms with Gasteiger partial charge in [0.2, 0.25) is 5.91 Å². The Hall–Kier alpha value is -1.31. The molecule has 0 bridgehead atoms. The van der Waals surface area contributed by atoms with Gasteiger partial charge in [-0.15, -0.1) is 0 Å². The average Bonchev–Trinajstić information content (AvgIpc) is 2.88. The molecule has 1 saturated heterocycles. The molecule has 1 heterocycles. The SMILES string of the molecule is COC1CC(CC(=O)O)N(C(=O)C2CCCC(C(F)(F)F)C2)C1. The van der Waals surface area contributed by atoms with Crippen LogP contribution in [0, 0.1) is 11.8 Å². The van der Waals surface area contributed by atoms with Gasteiger partial charge in [0.15, 0.2) is 0 Å². The highest BCUT2D eigenvalue weighted by Gasteiger charge is 2.46. The number of aliphatic carboxylic acids is 1. The summed E-state index contributed by atoms with van der Waals surface area (Å²) in [6.07, 6.45) is -3.68. The summed E-state index contributed by atoms with van der Waals surface area (Å²) in [5, 5.41) is 8.96. The Kier molecular flexibility index (Phi) is 5.54. The molecule has 2 aliphatic rings. The number of hydrogen-bond donors (Lipinski definition) is 1. The highest BCUT2D eigenvalue weighted by Crippen LogP contribution is 2.41. The maximum atomic E-state index is 12.9. The molecule has 5 nitrogen and oxygen atoms in total. The molecule has 23 heavy (non-hydrogen) atoms. The molecule has 8 heteroatoms. The second kappa shape index (κ2) is 7.07. The van der Waals surface area contributed by atoms with Gasteiger partial charge in [-0.25, -0.2) is 0 Å². The Balaban J connectivity index is 2.06. The first-order chi connectivity index (χ1) is 10.7. The minimum Gasteiger partial charge on any atom is -0.481 e. The largest absolute Gasteiger partial charge is 0.481 e. The highest BCUT2D eigenvalue weighted by atomic mass is 19.4. The normalized spacial score (nSPS) is 32.1. The van der Waals surface area contributed by atoms with Gasteiger partial charge in [0.05, 0.1) is 18.4 Å². The van der Waals surface area contributed by atoms with E-state index in [9.17, 15) is 22.8 Å². The van der Waals surface area contributed by atoms with E-state index in [2.05, 4.69) is 0 Å². The van der Waals surface area contributed by atoms with E-state index in [1.165, 1.54) is 12.0 Å². The maximum Gasteiger partial charge on any atom is 0.391 e. The average molecular weight is 337 g/mol. The Morgan fingerprint density at radius 2 is 1.96 bits per heavy atom. The van der Waals surface area contributed by atoms with Gasteiger partial charge in [-0.3, -0.25) is 9.59 Å². The minimum atomic E-state index is -4.28. The van der Waals surface area contributed by atoms with Crippen LogP contribution in [0.5, 0.6) is 0 Å². The van der Waals surface area contributed by atoms with E-state index in [1.54, 1.807) is 0 Å². The number of carbonyl (C=O) groups excluding carboxylic acids is 1. The predicted octanol–water partition coefficient (Wildman–Crippen LogP) is 2.45. The topological polar surface area (TPSA) is 66.8 Å². The first-order valence-electron chi connectivity index (χ1n) is 7.84. The number of likely N-dealkylation sites (tertiary alicyclic amines) is 1. The Morgan fingerprint density at radius 1 is 1.26 bits per heavy atom. The lowest BCUT2D eigenvalue weighted by Gasteiger charge is -2.33. The third-order valence-electron chi connectivity index (χ3n) is 4.89. The molecule has 0 spiro atoms. The smallest absolute Gasteiger partial charge is 0.391 e. The van der Waals surface area contributed by atoms with E-state index in [0.29, 0.717) is 19.3 Å². The van der Waals surface area contributed by atoms with Crippen LogP contribution in [0.15, 0.2) is 0 Å². The van der Waals surface area contributed by atoms with Crippen LogP contribution in [0.3, 0.4) is 0 Å². The second-order valence-electron chi connectivity index (χ2n) is 6.44. The number of ether oxygens (including phenoxy) is 1. The van der Waals surface area contributed by atoms with Crippen molar-refractivity contribution in [3.8, 4) is 0 Å². The number of halogens is 3. The first kappa shape index (κ1) is 18.0. The van der Waals surface area contributed by atoms with Crippen LogP contribution in [0.2, 0.25) is 0 Å². The third-order valence-corrected chi connectivity index (χ3v) is 4.89. The molecule has 2 rings (SSSR count). The molecule has 0 radical (unpaired) electrons. The fraction of sp³-hybridized carbons (Fsp3) is 0.867. The number of hydrogen-bond acceptors (Lipinski definition) is 3. The summed E-state index contributed by atoms with van der Waals surface area (Å²) < 4.78 is 43.9. The summed E-state index contributed by atoms with van der Waals surface area (Å²) in [7, 11) is 1.48. The molecule has 4 unspecified atom stereocenters. The van der Waals surface area contributed by atoms with Crippen LogP contribution in [-0.2, 0) is 14.3 Å².